The Bertz CT molecular complexity index is 1400. The van der Waals surface area contributed by atoms with Crippen molar-refractivity contribution in [1.82, 2.24) is 14.4 Å². The van der Waals surface area contributed by atoms with Crippen molar-refractivity contribution in [2.75, 3.05) is 53.2 Å². The highest BCUT2D eigenvalue weighted by Crippen LogP contribution is 2.54. The quantitative estimate of drug-likeness (QED) is 0.387. The van der Waals surface area contributed by atoms with Gasteiger partial charge >= 0.3 is 0 Å². The van der Waals surface area contributed by atoms with E-state index >= 15 is 0 Å². The Labute approximate surface area is 232 Å². The van der Waals surface area contributed by atoms with Crippen LogP contribution < -0.4 is 20.4 Å². The summed E-state index contributed by atoms with van der Waals surface area (Å²) >= 11 is 0. The summed E-state index contributed by atoms with van der Waals surface area (Å²) in [6.07, 6.45) is 9.41. The van der Waals surface area contributed by atoms with E-state index in [2.05, 4.69) is 25.5 Å². The molecule has 214 valence electrons. The first-order valence-electron chi connectivity index (χ1n) is 14.1. The molecule has 0 atom stereocenters. The molecule has 3 aromatic rings. The standard InChI is InChI=1S/C29H37F2N7O2/c1-27(2,19-39)35-20-3-4-21(22(17-20)36-12-7-28(5-6-28)8-13-36)26(40)34-23-18-38-16-11-32-24(38)25(33-23)37-14-9-29(30,31)10-15-37/h3-4,11,16-18,35,39H,5-10,12-15,19H2,1-2H3,(H,34,40). The number of nitrogens with zero attached hydrogens (tertiary/aromatic N) is 5. The molecule has 4 heterocycles. The average Bonchev–Trinajstić information content (AvgIpc) is 3.50. The minimum atomic E-state index is -2.68. The van der Waals surface area contributed by atoms with E-state index in [1.807, 2.05) is 36.9 Å². The van der Waals surface area contributed by atoms with Gasteiger partial charge in [0.1, 0.15) is 0 Å². The number of hydrogen-bond acceptors (Lipinski definition) is 7. The first kappa shape index (κ1) is 26.7. The fourth-order valence-electron chi connectivity index (χ4n) is 5.81. The monoisotopic (exact) mass is 553 g/mol. The number of carbonyl (C=O) groups is 1. The molecule has 0 radical (unpaired) electrons. The number of anilines is 4. The van der Waals surface area contributed by atoms with E-state index in [-0.39, 0.29) is 38.4 Å². The number of benzene rings is 1. The molecule has 1 spiro atoms. The van der Waals surface area contributed by atoms with Gasteiger partial charge in [-0.15, -0.1) is 0 Å². The van der Waals surface area contributed by atoms with Crippen LogP contribution in [-0.2, 0) is 0 Å². The van der Waals surface area contributed by atoms with Crippen molar-refractivity contribution in [3.05, 3.63) is 42.4 Å². The summed E-state index contributed by atoms with van der Waals surface area (Å²) in [4.78, 5) is 26.9. The van der Waals surface area contributed by atoms with Gasteiger partial charge < -0.3 is 29.9 Å². The lowest BCUT2D eigenvalue weighted by Crippen LogP contribution is -2.40. The molecular formula is C29H37F2N7O2. The number of fused-ring (bicyclic) bond motifs is 1. The van der Waals surface area contributed by atoms with Gasteiger partial charge in [-0.1, -0.05) is 0 Å². The molecular weight excluding hydrogens is 516 g/mol. The minimum Gasteiger partial charge on any atom is -0.394 e. The summed E-state index contributed by atoms with van der Waals surface area (Å²) in [6.45, 7) is 5.91. The van der Waals surface area contributed by atoms with E-state index in [4.69, 9.17) is 0 Å². The summed E-state index contributed by atoms with van der Waals surface area (Å²) < 4.78 is 29.4. The zero-order chi connectivity index (χ0) is 28.1. The highest BCUT2D eigenvalue weighted by Gasteiger charge is 2.44. The number of rotatable bonds is 7. The number of piperidine rings is 2. The van der Waals surface area contributed by atoms with Crippen LogP contribution in [0.4, 0.5) is 31.8 Å². The summed E-state index contributed by atoms with van der Waals surface area (Å²) in [5.41, 5.74) is 2.75. The van der Waals surface area contributed by atoms with E-state index in [0.717, 1.165) is 37.3 Å². The highest BCUT2D eigenvalue weighted by atomic mass is 19.3. The number of halogens is 2. The highest BCUT2D eigenvalue weighted by molar-refractivity contribution is 6.08. The number of hydrogen-bond donors (Lipinski definition) is 3. The molecule has 3 fully saturated rings. The molecule has 2 aromatic heterocycles. The predicted octanol–water partition coefficient (Wildman–Crippen LogP) is 4.78. The van der Waals surface area contributed by atoms with Crippen LogP contribution in [0.1, 0.15) is 62.7 Å². The lowest BCUT2D eigenvalue weighted by Gasteiger charge is -2.35. The third kappa shape index (κ3) is 5.43. The molecule has 40 heavy (non-hydrogen) atoms. The minimum absolute atomic E-state index is 0.0316. The summed E-state index contributed by atoms with van der Waals surface area (Å²) in [6, 6.07) is 5.66. The van der Waals surface area contributed by atoms with E-state index in [0.29, 0.717) is 28.3 Å². The summed E-state index contributed by atoms with van der Waals surface area (Å²) in [5.74, 6) is -2.16. The first-order valence-corrected chi connectivity index (χ1v) is 14.1. The van der Waals surface area contributed by atoms with Crippen LogP contribution in [0.3, 0.4) is 0 Å². The normalized spacial score (nSPS) is 20.1. The molecule has 1 aliphatic carbocycles. The average molecular weight is 554 g/mol. The molecule has 1 saturated carbocycles. The molecule has 3 aliphatic rings. The number of nitrogens with one attached hydrogen (secondary N) is 2. The van der Waals surface area contributed by atoms with Crippen LogP contribution in [0.25, 0.3) is 5.65 Å². The smallest absolute Gasteiger partial charge is 0.258 e. The molecule has 2 aliphatic heterocycles. The summed E-state index contributed by atoms with van der Waals surface area (Å²) in [7, 11) is 0. The molecule has 0 unspecified atom stereocenters. The van der Waals surface area contributed by atoms with Crippen molar-refractivity contribution in [3.8, 4) is 0 Å². The maximum atomic E-state index is 13.8. The van der Waals surface area contributed by atoms with Crippen molar-refractivity contribution >= 4 is 34.6 Å². The third-order valence-corrected chi connectivity index (χ3v) is 8.63. The van der Waals surface area contributed by atoms with E-state index in [1.54, 1.807) is 23.0 Å². The van der Waals surface area contributed by atoms with Crippen LogP contribution in [0.15, 0.2) is 36.8 Å². The Balaban J connectivity index is 1.29. The molecule has 0 bridgehead atoms. The van der Waals surface area contributed by atoms with Crippen LogP contribution >= 0.6 is 0 Å². The number of alkyl halides is 2. The maximum Gasteiger partial charge on any atom is 0.258 e. The van der Waals surface area contributed by atoms with Gasteiger partial charge in [-0.3, -0.25) is 4.79 Å². The van der Waals surface area contributed by atoms with Crippen LogP contribution in [0.5, 0.6) is 0 Å². The van der Waals surface area contributed by atoms with Gasteiger partial charge in [-0.05, 0) is 63.1 Å². The molecule has 2 saturated heterocycles. The van der Waals surface area contributed by atoms with Gasteiger partial charge in [-0.2, -0.15) is 0 Å². The van der Waals surface area contributed by atoms with Gasteiger partial charge in [0.2, 0.25) is 0 Å². The predicted molar refractivity (Wildman–Crippen MR) is 152 cm³/mol. The Hall–Kier alpha value is -3.47. The van der Waals surface area contributed by atoms with E-state index in [1.165, 1.54) is 12.8 Å². The SMILES string of the molecule is CC(C)(CO)Nc1ccc(C(=O)Nc2cn3ccnc3c(N3CCC(F)(F)CC3)n2)c(N2CCC3(CC2)CC3)c1. The number of amides is 1. The molecule has 9 nitrogen and oxygen atoms in total. The molecule has 1 amide bonds. The lowest BCUT2D eigenvalue weighted by molar-refractivity contribution is -0.0221. The second-order valence-electron chi connectivity index (χ2n) is 12.3. The zero-order valence-corrected chi connectivity index (χ0v) is 23.1. The number of aromatic nitrogens is 3. The topological polar surface area (TPSA) is 98.0 Å². The van der Waals surface area contributed by atoms with Crippen molar-refractivity contribution < 1.29 is 18.7 Å². The number of imidazole rings is 1. The fraction of sp³-hybridized carbons (Fsp3) is 0.552. The second kappa shape index (κ2) is 9.87. The van der Waals surface area contributed by atoms with Gasteiger partial charge in [-0.25, -0.2) is 18.7 Å². The van der Waals surface area contributed by atoms with Gasteiger partial charge in [0, 0.05) is 57.1 Å². The number of aliphatic hydroxyl groups is 1. The van der Waals surface area contributed by atoms with Gasteiger partial charge in [0.05, 0.1) is 29.6 Å². The first-order chi connectivity index (χ1) is 19.1. The fourth-order valence-corrected chi connectivity index (χ4v) is 5.81. The molecule has 11 heteroatoms. The Morgan fingerprint density at radius 2 is 1.75 bits per heavy atom. The van der Waals surface area contributed by atoms with Crippen LogP contribution in [0, 0.1) is 5.41 Å². The maximum absolute atomic E-state index is 13.8. The van der Waals surface area contributed by atoms with Crippen molar-refractivity contribution in [3.63, 3.8) is 0 Å². The summed E-state index contributed by atoms with van der Waals surface area (Å²) in [5, 5.41) is 16.1. The van der Waals surface area contributed by atoms with Crippen molar-refractivity contribution in [2.24, 2.45) is 5.41 Å². The van der Waals surface area contributed by atoms with E-state index < -0.39 is 11.5 Å². The van der Waals surface area contributed by atoms with E-state index in [9.17, 15) is 18.7 Å². The van der Waals surface area contributed by atoms with Crippen molar-refractivity contribution in [1.29, 1.82) is 0 Å². The Morgan fingerprint density at radius 3 is 2.42 bits per heavy atom. The largest absolute Gasteiger partial charge is 0.394 e. The zero-order valence-electron chi connectivity index (χ0n) is 23.1. The lowest BCUT2D eigenvalue weighted by atomic mass is 9.93. The number of carbonyl (C=O) groups excluding carboxylic acids is 1. The number of aliphatic hydroxyl groups excluding tert-OH is 1. The van der Waals surface area contributed by atoms with Gasteiger partial charge in [0.25, 0.3) is 11.8 Å². The third-order valence-electron chi connectivity index (χ3n) is 8.63. The van der Waals surface area contributed by atoms with Crippen molar-refractivity contribution in [2.45, 2.75) is 63.8 Å². The van der Waals surface area contributed by atoms with Gasteiger partial charge in [0.15, 0.2) is 17.3 Å². The Morgan fingerprint density at radius 1 is 1.05 bits per heavy atom. The second-order valence-corrected chi connectivity index (χ2v) is 12.3. The Kier molecular flexibility index (Phi) is 6.59. The molecule has 1 aromatic carbocycles. The van der Waals surface area contributed by atoms with Crippen LogP contribution in [-0.4, -0.2) is 69.6 Å². The molecule has 3 N–H and O–H groups in total. The molecule has 6 rings (SSSR count). The van der Waals surface area contributed by atoms with Crippen LogP contribution in [0.2, 0.25) is 0 Å².